The third kappa shape index (κ3) is 16.3. The Morgan fingerprint density at radius 2 is 1.34 bits per heavy atom. The van der Waals surface area contributed by atoms with Crippen molar-refractivity contribution in [3.05, 3.63) is 65.2 Å². The summed E-state index contributed by atoms with van der Waals surface area (Å²) in [6, 6.07) is 14.5. The maximum atomic E-state index is 13.3. The molecule has 1 unspecified atom stereocenters. The molecule has 0 spiro atoms. The van der Waals surface area contributed by atoms with E-state index in [1.54, 1.807) is 4.90 Å². The average Bonchev–Trinajstić information content (AvgIpc) is 3.14. The second-order valence-electron chi connectivity index (χ2n) is 12.9. The number of rotatable bonds is 25. The first-order valence-corrected chi connectivity index (χ1v) is 18.3. The van der Waals surface area contributed by atoms with Crippen molar-refractivity contribution in [1.29, 1.82) is 0 Å². The zero-order valence-electron chi connectivity index (χ0n) is 31.2. The Morgan fingerprint density at radius 1 is 0.736 bits per heavy atom. The number of nitrogens with one attached hydrogen (secondary N) is 3. The zero-order chi connectivity index (χ0) is 38.3. The van der Waals surface area contributed by atoms with Gasteiger partial charge in [-0.05, 0) is 43.0 Å². The largest absolute Gasteiger partial charge is 0.379 e. The van der Waals surface area contributed by atoms with Gasteiger partial charge in [-0.15, -0.1) is 0 Å². The quantitative estimate of drug-likeness (QED) is 0.0792. The van der Waals surface area contributed by atoms with Crippen molar-refractivity contribution in [2.24, 2.45) is 5.92 Å². The van der Waals surface area contributed by atoms with Crippen LogP contribution in [0, 0.1) is 17.8 Å². The van der Waals surface area contributed by atoms with Gasteiger partial charge in [-0.3, -0.25) is 19.2 Å². The predicted octanol–water partition coefficient (Wildman–Crippen LogP) is 2.91. The van der Waals surface area contributed by atoms with E-state index in [9.17, 15) is 24.0 Å². The van der Waals surface area contributed by atoms with Gasteiger partial charge in [-0.2, -0.15) is 0 Å². The van der Waals surface area contributed by atoms with E-state index in [1.165, 1.54) is 0 Å². The highest BCUT2D eigenvalue weighted by molar-refractivity contribution is 5.97. The molecule has 0 fully saturated rings. The molecule has 13 nitrogen and oxygen atoms in total. The van der Waals surface area contributed by atoms with Crippen LogP contribution in [0.5, 0.6) is 0 Å². The van der Waals surface area contributed by atoms with Crippen molar-refractivity contribution < 1.29 is 42.9 Å². The van der Waals surface area contributed by atoms with Gasteiger partial charge in [0.1, 0.15) is 12.3 Å². The van der Waals surface area contributed by atoms with Gasteiger partial charge in [0.2, 0.25) is 23.6 Å². The molecule has 0 radical (unpaired) electrons. The summed E-state index contributed by atoms with van der Waals surface area (Å²) in [6.07, 6.45) is 1.36. The van der Waals surface area contributed by atoms with Crippen LogP contribution in [0.15, 0.2) is 48.5 Å². The molecule has 0 saturated carbocycles. The lowest BCUT2D eigenvalue weighted by Gasteiger charge is -2.26. The number of anilines is 1. The van der Waals surface area contributed by atoms with Gasteiger partial charge in [0.15, 0.2) is 0 Å². The maximum Gasteiger partial charge on any atom is 0.242 e. The second-order valence-corrected chi connectivity index (χ2v) is 12.9. The molecule has 13 heteroatoms. The lowest BCUT2D eigenvalue weighted by molar-refractivity contribution is -0.130. The van der Waals surface area contributed by atoms with Crippen LogP contribution in [0.25, 0.3) is 0 Å². The number of fused-ring (bicyclic) bond motifs is 2. The molecule has 1 aliphatic heterocycles. The van der Waals surface area contributed by atoms with Crippen LogP contribution in [0.3, 0.4) is 0 Å². The maximum absolute atomic E-state index is 13.3. The Labute approximate surface area is 312 Å². The van der Waals surface area contributed by atoms with Crippen molar-refractivity contribution in [1.82, 2.24) is 16.0 Å². The third-order valence-corrected chi connectivity index (χ3v) is 8.49. The summed E-state index contributed by atoms with van der Waals surface area (Å²) in [4.78, 5) is 63.1. The van der Waals surface area contributed by atoms with Crippen molar-refractivity contribution >= 4 is 35.6 Å². The molecule has 2 aromatic rings. The number of hydrogen-bond acceptors (Lipinski definition) is 9. The molecule has 53 heavy (non-hydrogen) atoms. The number of carbonyl (C=O) groups is 5. The van der Waals surface area contributed by atoms with E-state index in [4.69, 9.17) is 18.9 Å². The van der Waals surface area contributed by atoms with Crippen LogP contribution in [-0.4, -0.2) is 101 Å². The lowest BCUT2D eigenvalue weighted by atomic mass is 10.0. The van der Waals surface area contributed by atoms with Crippen LogP contribution in [-0.2, 0) is 49.5 Å². The minimum atomic E-state index is -0.771. The zero-order valence-corrected chi connectivity index (χ0v) is 31.2. The highest BCUT2D eigenvalue weighted by atomic mass is 16.6. The van der Waals surface area contributed by atoms with Crippen LogP contribution < -0.4 is 20.9 Å². The summed E-state index contributed by atoms with van der Waals surface area (Å²) in [6.45, 7) is 9.15. The van der Waals surface area contributed by atoms with Gasteiger partial charge in [0, 0.05) is 49.4 Å². The van der Waals surface area contributed by atoms with E-state index >= 15 is 0 Å². The molecule has 3 rings (SSSR count). The SMILES string of the molecule is CC(C)C(C)NC(=O)[C@@H](CCC=O)NC(=O)CCOCCOCCOCCOCCNC(=O)CCC(=O)N1Cc2ccccc2C#Cc2ccccc21. The summed E-state index contributed by atoms with van der Waals surface area (Å²) >= 11 is 0. The van der Waals surface area contributed by atoms with Gasteiger partial charge in [-0.25, -0.2) is 0 Å². The molecule has 0 aromatic heterocycles. The molecule has 3 N–H and O–H groups in total. The standard InChI is InChI=1S/C40H54N4O9/c1-30(2)31(3)42-40(49)35(12-8-20-45)43-38(47)18-21-50-23-25-52-27-28-53-26-24-51-22-19-41-37(46)16-17-39(48)44-29-34-11-5-4-9-32(34)14-15-33-10-6-7-13-36(33)44/h4-7,9-11,13,20,30-31,35H,8,12,16-19,21-29H2,1-3H3,(H,41,46)(H,42,49)(H,43,47)/t31?,35-/m1/s1. The molecule has 288 valence electrons. The number of hydrogen-bond donors (Lipinski definition) is 3. The Hall–Kier alpha value is -4.61. The summed E-state index contributed by atoms with van der Waals surface area (Å²) in [5, 5.41) is 8.36. The molecule has 0 aliphatic carbocycles. The van der Waals surface area contributed by atoms with E-state index in [0.717, 1.165) is 28.7 Å². The van der Waals surface area contributed by atoms with Crippen LogP contribution in [0.4, 0.5) is 5.69 Å². The summed E-state index contributed by atoms with van der Waals surface area (Å²) in [5.41, 5.74) is 3.36. The van der Waals surface area contributed by atoms with E-state index in [1.807, 2.05) is 69.3 Å². The van der Waals surface area contributed by atoms with Gasteiger partial charge < -0.3 is 44.6 Å². The monoisotopic (exact) mass is 734 g/mol. The van der Waals surface area contributed by atoms with E-state index in [0.29, 0.717) is 59.3 Å². The van der Waals surface area contributed by atoms with Crippen LogP contribution in [0.2, 0.25) is 0 Å². The fraction of sp³-hybridized carbons (Fsp3) is 0.525. The minimum Gasteiger partial charge on any atom is -0.379 e. The van der Waals surface area contributed by atoms with E-state index < -0.39 is 6.04 Å². The lowest BCUT2D eigenvalue weighted by Crippen LogP contribution is -2.50. The first kappa shape index (κ1) is 42.8. The van der Waals surface area contributed by atoms with Crippen molar-refractivity contribution in [2.45, 2.75) is 71.5 Å². The number of para-hydroxylation sites is 1. The summed E-state index contributed by atoms with van der Waals surface area (Å²) < 4.78 is 21.9. The fourth-order valence-electron chi connectivity index (χ4n) is 5.10. The number of benzene rings is 2. The molecule has 1 aliphatic rings. The number of ether oxygens (including phenoxy) is 4. The Morgan fingerprint density at radius 3 is 2.02 bits per heavy atom. The second kappa shape index (κ2) is 24.6. The molecule has 1 heterocycles. The molecule has 0 saturated heterocycles. The van der Waals surface area contributed by atoms with Gasteiger partial charge in [0.05, 0.1) is 65.1 Å². The number of aldehydes is 1. The van der Waals surface area contributed by atoms with Crippen molar-refractivity contribution in [2.75, 3.05) is 64.3 Å². The molecule has 2 aromatic carbocycles. The number of amides is 4. The normalized spacial score (nSPS) is 12.9. The highest BCUT2D eigenvalue weighted by Gasteiger charge is 2.23. The number of nitrogens with zero attached hydrogens (tertiary/aromatic N) is 1. The Bertz CT molecular complexity index is 1540. The topological polar surface area (TPSA) is 162 Å². The number of carbonyl (C=O) groups excluding carboxylic acids is 5. The van der Waals surface area contributed by atoms with Crippen molar-refractivity contribution in [3.8, 4) is 11.8 Å². The molecule has 2 atom stereocenters. The highest BCUT2D eigenvalue weighted by Crippen LogP contribution is 2.26. The Balaban J connectivity index is 1.16. The summed E-state index contributed by atoms with van der Waals surface area (Å²) in [7, 11) is 0. The fourth-order valence-corrected chi connectivity index (χ4v) is 5.10. The van der Waals surface area contributed by atoms with Gasteiger partial charge in [0.25, 0.3) is 0 Å². The molecular formula is C40H54N4O9. The van der Waals surface area contributed by atoms with Crippen LogP contribution >= 0.6 is 0 Å². The molecule has 0 bridgehead atoms. The minimum absolute atomic E-state index is 0.0558. The smallest absolute Gasteiger partial charge is 0.242 e. The predicted molar refractivity (Wildman–Crippen MR) is 200 cm³/mol. The first-order chi connectivity index (χ1) is 25.7. The molecular weight excluding hydrogens is 680 g/mol. The summed E-state index contributed by atoms with van der Waals surface area (Å²) in [5.74, 6) is 5.62. The van der Waals surface area contributed by atoms with Gasteiger partial charge in [-0.1, -0.05) is 56.0 Å². The van der Waals surface area contributed by atoms with Crippen LogP contribution in [0.1, 0.15) is 69.6 Å². The van der Waals surface area contributed by atoms with Crippen molar-refractivity contribution in [3.63, 3.8) is 0 Å². The third-order valence-electron chi connectivity index (χ3n) is 8.49. The average molecular weight is 735 g/mol. The first-order valence-electron chi connectivity index (χ1n) is 18.3. The van der Waals surface area contributed by atoms with Gasteiger partial charge >= 0.3 is 0 Å². The van der Waals surface area contributed by atoms with E-state index in [-0.39, 0.29) is 74.3 Å². The molecule has 4 amide bonds. The Kier molecular flexibility index (Phi) is 19.9. The van der Waals surface area contributed by atoms with E-state index in [2.05, 4.69) is 27.8 Å².